The summed E-state index contributed by atoms with van der Waals surface area (Å²) in [5.74, 6) is -0.633. The van der Waals surface area contributed by atoms with E-state index in [9.17, 15) is 14.7 Å². The normalized spacial score (nSPS) is 26.5. The van der Waals surface area contributed by atoms with Gasteiger partial charge in [-0.3, -0.25) is 4.79 Å². The highest BCUT2D eigenvalue weighted by Crippen LogP contribution is 2.28. The highest BCUT2D eigenvalue weighted by atomic mass is 16.4. The van der Waals surface area contributed by atoms with Crippen LogP contribution in [0.1, 0.15) is 46.0 Å². The molecular weight excluding hydrogens is 244 g/mol. The Hall–Kier alpha value is -1.10. The lowest BCUT2D eigenvalue weighted by molar-refractivity contribution is -0.144. The molecule has 0 heterocycles. The predicted molar refractivity (Wildman–Crippen MR) is 73.5 cm³/mol. The maximum Gasteiger partial charge on any atom is 0.326 e. The third kappa shape index (κ3) is 4.49. The number of aliphatic carboxylic acids is 1. The Morgan fingerprint density at radius 2 is 1.89 bits per heavy atom. The molecule has 0 radical (unpaired) electrons. The van der Waals surface area contributed by atoms with Crippen molar-refractivity contribution in [3.8, 4) is 0 Å². The monoisotopic (exact) mass is 270 g/mol. The molecular formula is C14H26N2O3. The zero-order valence-electron chi connectivity index (χ0n) is 11.9. The molecule has 1 rings (SSSR count). The van der Waals surface area contributed by atoms with E-state index in [2.05, 4.69) is 5.32 Å². The summed E-state index contributed by atoms with van der Waals surface area (Å²) < 4.78 is 0. The number of carboxylic acids is 1. The van der Waals surface area contributed by atoms with E-state index in [1.807, 2.05) is 13.8 Å². The van der Waals surface area contributed by atoms with E-state index in [0.717, 1.165) is 32.1 Å². The number of carboxylic acid groups (broad SMARTS) is 1. The van der Waals surface area contributed by atoms with Gasteiger partial charge in [0.1, 0.15) is 6.04 Å². The molecule has 1 aliphatic rings. The van der Waals surface area contributed by atoms with Crippen LogP contribution in [0.3, 0.4) is 0 Å². The summed E-state index contributed by atoms with van der Waals surface area (Å²) in [4.78, 5) is 23.3. The predicted octanol–water partition coefficient (Wildman–Crippen LogP) is 1.37. The molecule has 110 valence electrons. The number of amides is 1. The van der Waals surface area contributed by atoms with Crippen LogP contribution in [-0.2, 0) is 9.59 Å². The standard InChI is InChI=1S/C14H26N2O3/c1-3-9(2)12(14(18)19)16-13(17)11-6-4-10(8-15)5-7-11/h9-12H,3-8,15H2,1-2H3,(H,16,17)(H,18,19)/t9?,10?,11?,12-/m0/s1. The van der Waals surface area contributed by atoms with E-state index < -0.39 is 12.0 Å². The van der Waals surface area contributed by atoms with Crippen molar-refractivity contribution >= 4 is 11.9 Å². The minimum absolute atomic E-state index is 0.0475. The van der Waals surface area contributed by atoms with Gasteiger partial charge in [-0.05, 0) is 44.1 Å². The van der Waals surface area contributed by atoms with Crippen LogP contribution in [0.4, 0.5) is 0 Å². The molecule has 1 saturated carbocycles. The SMILES string of the molecule is CCC(C)[C@H](NC(=O)C1CCC(CN)CC1)C(=O)O. The molecule has 0 aromatic carbocycles. The second-order valence-corrected chi connectivity index (χ2v) is 5.66. The van der Waals surface area contributed by atoms with Gasteiger partial charge in [-0.1, -0.05) is 20.3 Å². The molecule has 1 aliphatic carbocycles. The fraction of sp³-hybridized carbons (Fsp3) is 0.857. The van der Waals surface area contributed by atoms with Crippen LogP contribution >= 0.6 is 0 Å². The Morgan fingerprint density at radius 1 is 1.32 bits per heavy atom. The summed E-state index contributed by atoms with van der Waals surface area (Å²) in [5, 5.41) is 11.9. The largest absolute Gasteiger partial charge is 0.480 e. The molecule has 1 amide bonds. The summed E-state index contributed by atoms with van der Waals surface area (Å²) in [6, 6.07) is -0.773. The maximum atomic E-state index is 12.1. The van der Waals surface area contributed by atoms with Gasteiger partial charge in [-0.25, -0.2) is 4.79 Å². The average Bonchev–Trinajstić information content (AvgIpc) is 2.43. The van der Waals surface area contributed by atoms with Crippen molar-refractivity contribution in [2.24, 2.45) is 23.5 Å². The van der Waals surface area contributed by atoms with Crippen LogP contribution in [0, 0.1) is 17.8 Å². The first-order valence-electron chi connectivity index (χ1n) is 7.22. The molecule has 1 fully saturated rings. The molecule has 0 bridgehead atoms. The van der Waals surface area contributed by atoms with Gasteiger partial charge >= 0.3 is 5.97 Å². The van der Waals surface area contributed by atoms with E-state index in [1.54, 1.807) is 0 Å². The second-order valence-electron chi connectivity index (χ2n) is 5.66. The van der Waals surface area contributed by atoms with Gasteiger partial charge in [0.05, 0.1) is 0 Å². The van der Waals surface area contributed by atoms with E-state index in [4.69, 9.17) is 5.73 Å². The molecule has 1 unspecified atom stereocenters. The highest BCUT2D eigenvalue weighted by molar-refractivity contribution is 5.85. The van der Waals surface area contributed by atoms with Crippen molar-refractivity contribution in [1.29, 1.82) is 0 Å². The molecule has 0 spiro atoms. The summed E-state index contributed by atoms with van der Waals surface area (Å²) in [5.41, 5.74) is 5.62. The lowest BCUT2D eigenvalue weighted by atomic mass is 9.81. The summed E-state index contributed by atoms with van der Waals surface area (Å²) in [6.45, 7) is 4.46. The number of hydrogen-bond acceptors (Lipinski definition) is 3. The van der Waals surface area contributed by atoms with Gasteiger partial charge in [0.15, 0.2) is 0 Å². The first-order chi connectivity index (χ1) is 8.99. The van der Waals surface area contributed by atoms with Crippen molar-refractivity contribution in [3.05, 3.63) is 0 Å². The lowest BCUT2D eigenvalue weighted by Gasteiger charge is -2.29. The van der Waals surface area contributed by atoms with Crippen LogP contribution < -0.4 is 11.1 Å². The van der Waals surface area contributed by atoms with Crippen LogP contribution in [0.25, 0.3) is 0 Å². The molecule has 0 aliphatic heterocycles. The van der Waals surface area contributed by atoms with E-state index in [0.29, 0.717) is 12.5 Å². The lowest BCUT2D eigenvalue weighted by Crippen LogP contribution is -2.47. The molecule has 0 saturated heterocycles. The molecule has 0 aromatic heterocycles. The van der Waals surface area contributed by atoms with E-state index >= 15 is 0 Å². The smallest absolute Gasteiger partial charge is 0.326 e. The van der Waals surface area contributed by atoms with Crippen LogP contribution in [0.15, 0.2) is 0 Å². The number of carbonyl (C=O) groups excluding carboxylic acids is 1. The maximum absolute atomic E-state index is 12.1. The Bertz CT molecular complexity index is 312. The zero-order chi connectivity index (χ0) is 14.4. The number of carbonyl (C=O) groups is 2. The molecule has 0 aromatic rings. The molecule has 5 nitrogen and oxygen atoms in total. The Kier molecular flexibility index (Phi) is 6.28. The summed E-state index contributed by atoms with van der Waals surface area (Å²) in [7, 11) is 0. The van der Waals surface area contributed by atoms with Crippen molar-refractivity contribution in [2.75, 3.05) is 6.54 Å². The van der Waals surface area contributed by atoms with Gasteiger partial charge in [0.25, 0.3) is 0 Å². The molecule has 19 heavy (non-hydrogen) atoms. The van der Waals surface area contributed by atoms with Gasteiger partial charge in [0, 0.05) is 5.92 Å². The second kappa shape index (κ2) is 7.48. The third-order valence-corrected chi connectivity index (χ3v) is 4.33. The minimum atomic E-state index is -0.946. The Labute approximate surface area is 114 Å². The summed E-state index contributed by atoms with van der Waals surface area (Å²) >= 11 is 0. The van der Waals surface area contributed by atoms with Gasteiger partial charge in [-0.2, -0.15) is 0 Å². The van der Waals surface area contributed by atoms with Gasteiger partial charge in [0.2, 0.25) is 5.91 Å². The fourth-order valence-electron chi connectivity index (χ4n) is 2.61. The topological polar surface area (TPSA) is 92.4 Å². The van der Waals surface area contributed by atoms with E-state index in [-0.39, 0.29) is 17.7 Å². The average molecular weight is 270 g/mol. The Balaban J connectivity index is 2.51. The third-order valence-electron chi connectivity index (χ3n) is 4.33. The quantitative estimate of drug-likeness (QED) is 0.679. The zero-order valence-corrected chi connectivity index (χ0v) is 11.9. The first-order valence-corrected chi connectivity index (χ1v) is 7.22. The van der Waals surface area contributed by atoms with E-state index in [1.165, 1.54) is 0 Å². The van der Waals surface area contributed by atoms with Crippen molar-refractivity contribution in [1.82, 2.24) is 5.32 Å². The van der Waals surface area contributed by atoms with Crippen LogP contribution in [-0.4, -0.2) is 29.6 Å². The molecule has 4 N–H and O–H groups in total. The summed E-state index contributed by atoms with van der Waals surface area (Å²) in [6.07, 6.45) is 4.31. The van der Waals surface area contributed by atoms with Gasteiger partial charge < -0.3 is 16.2 Å². The van der Waals surface area contributed by atoms with Crippen molar-refractivity contribution in [2.45, 2.75) is 52.0 Å². The molecule has 5 heteroatoms. The van der Waals surface area contributed by atoms with Crippen LogP contribution in [0.2, 0.25) is 0 Å². The number of nitrogens with one attached hydrogen (secondary N) is 1. The van der Waals surface area contributed by atoms with Crippen molar-refractivity contribution in [3.63, 3.8) is 0 Å². The van der Waals surface area contributed by atoms with Crippen molar-refractivity contribution < 1.29 is 14.7 Å². The van der Waals surface area contributed by atoms with Gasteiger partial charge in [-0.15, -0.1) is 0 Å². The first kappa shape index (κ1) is 16.0. The van der Waals surface area contributed by atoms with Crippen LogP contribution in [0.5, 0.6) is 0 Å². The number of rotatable bonds is 6. The number of nitrogens with two attached hydrogens (primary N) is 1. The number of hydrogen-bond donors (Lipinski definition) is 3. The Morgan fingerprint density at radius 3 is 2.32 bits per heavy atom. The minimum Gasteiger partial charge on any atom is -0.480 e. The molecule has 2 atom stereocenters. The fourth-order valence-corrected chi connectivity index (χ4v) is 2.61. The highest BCUT2D eigenvalue weighted by Gasteiger charge is 2.30.